The van der Waals surface area contributed by atoms with Crippen molar-refractivity contribution < 1.29 is 36.1 Å². The van der Waals surface area contributed by atoms with E-state index in [1.165, 1.54) is 19.1 Å². The van der Waals surface area contributed by atoms with Crippen molar-refractivity contribution in [2.24, 2.45) is 16.1 Å². The number of carbonyl (C=O) groups is 2. The van der Waals surface area contributed by atoms with Crippen molar-refractivity contribution in [1.82, 2.24) is 24.8 Å². The van der Waals surface area contributed by atoms with Gasteiger partial charge in [-0.25, -0.2) is 13.1 Å². The van der Waals surface area contributed by atoms with Crippen LogP contribution >= 0.6 is 11.5 Å². The molecule has 2 amide bonds. The number of fused-ring (bicyclic) bond motifs is 1. The van der Waals surface area contributed by atoms with Gasteiger partial charge in [0, 0.05) is 35.3 Å². The standard InChI is InChI=1S/C31H46N7O9S3/c1-17(39)32-25-12-19(13-26(27(25)40)33-28(41)18-7-6-8-22(11-18)50(45,46)47)34-35-29-23-14-21(9-10-24(23)36-48-29)49(43,44)37-20-15-30(2,3)38(42)31(4,5)16-20/h9-10,14,18-20,22,25-27,37,40H,6-8,11-13,15-16H2,1-5H3,(H,32,39)(H,33,41)(H,45,46,47)/q-1. The highest BCUT2D eigenvalue weighted by Gasteiger charge is 2.42. The summed E-state index contributed by atoms with van der Waals surface area (Å²) in [5.74, 6) is -1.52. The predicted octanol–water partition coefficient (Wildman–Crippen LogP) is 3.14. The van der Waals surface area contributed by atoms with Gasteiger partial charge in [0.05, 0.1) is 39.9 Å². The number of aliphatic hydroxyl groups is 1. The third-order valence-electron chi connectivity index (χ3n) is 9.98. The minimum Gasteiger partial charge on any atom is -0.784 e. The fourth-order valence-corrected chi connectivity index (χ4v) is 10.6. The molecule has 1 aliphatic heterocycles. The molecule has 6 unspecified atom stereocenters. The molecule has 3 fully saturated rings. The van der Waals surface area contributed by atoms with Gasteiger partial charge in [-0.15, -0.1) is 5.11 Å². The largest absolute Gasteiger partial charge is 0.784 e. The molecule has 5 rings (SSSR count). The van der Waals surface area contributed by atoms with E-state index < -0.39 is 78.6 Å². The maximum Gasteiger partial charge on any atom is 0.267 e. The Balaban J connectivity index is 1.33. The molecular weight excluding hydrogens is 711 g/mol. The number of aromatic nitrogens is 1. The summed E-state index contributed by atoms with van der Waals surface area (Å²) in [6, 6.07) is 1.89. The molecule has 0 spiro atoms. The summed E-state index contributed by atoms with van der Waals surface area (Å²) >= 11 is 1.03. The van der Waals surface area contributed by atoms with Gasteiger partial charge in [0.15, 0.2) is 5.00 Å². The van der Waals surface area contributed by atoms with Gasteiger partial charge in [-0.3, -0.25) is 14.1 Å². The second-order valence-electron chi connectivity index (χ2n) is 15.1. The Labute approximate surface area is 296 Å². The number of piperidine rings is 1. The Bertz CT molecular complexity index is 1830. The Morgan fingerprint density at radius 3 is 2.28 bits per heavy atom. The Morgan fingerprint density at radius 1 is 1.02 bits per heavy atom. The maximum atomic E-state index is 13.5. The lowest BCUT2D eigenvalue weighted by Gasteiger charge is -2.59. The fourth-order valence-electron chi connectivity index (χ4n) is 7.76. The molecule has 1 aromatic heterocycles. The highest BCUT2D eigenvalue weighted by Crippen LogP contribution is 2.39. The van der Waals surface area contributed by atoms with Crippen LogP contribution in [0.25, 0.3) is 10.9 Å². The number of hydrogen-bond donors (Lipinski definition) is 5. The zero-order chi connectivity index (χ0) is 36.8. The molecule has 16 nitrogen and oxygen atoms in total. The second kappa shape index (κ2) is 14.4. The van der Waals surface area contributed by atoms with Crippen molar-refractivity contribution in [3.05, 3.63) is 23.4 Å². The van der Waals surface area contributed by atoms with Crippen LogP contribution in [0.3, 0.4) is 0 Å². The zero-order valence-corrected chi connectivity index (χ0v) is 31.1. The smallest absolute Gasteiger partial charge is 0.267 e. The molecule has 2 saturated carbocycles. The molecule has 2 heterocycles. The first-order valence-corrected chi connectivity index (χ1v) is 20.4. The summed E-state index contributed by atoms with van der Waals surface area (Å²) in [6.07, 6.45) is 0.990. The van der Waals surface area contributed by atoms with Crippen molar-refractivity contribution in [1.29, 1.82) is 0 Å². The van der Waals surface area contributed by atoms with Gasteiger partial charge in [-0.1, -0.05) is 6.42 Å². The minimum atomic E-state index is -4.30. The molecule has 2 aliphatic carbocycles. The third-order valence-corrected chi connectivity index (χ3v) is 13.5. The number of benzene rings is 1. The average Bonchev–Trinajstić information content (AvgIpc) is 3.42. The molecule has 0 radical (unpaired) electrons. The van der Waals surface area contributed by atoms with E-state index in [-0.39, 0.29) is 36.5 Å². The highest BCUT2D eigenvalue weighted by atomic mass is 32.2. The van der Waals surface area contributed by atoms with Crippen LogP contribution in [-0.4, -0.2) is 94.3 Å². The molecule has 1 saturated heterocycles. The molecule has 2 aromatic rings. The van der Waals surface area contributed by atoms with Gasteiger partial charge in [-0.2, -0.15) is 17.9 Å². The molecule has 0 bridgehead atoms. The van der Waals surface area contributed by atoms with Crippen LogP contribution < -0.4 is 15.4 Å². The average molecular weight is 757 g/mol. The zero-order valence-electron chi connectivity index (χ0n) is 28.7. The number of hydrogen-bond acceptors (Lipinski definition) is 13. The number of nitrogens with one attached hydrogen (secondary N) is 3. The first kappa shape index (κ1) is 38.6. The van der Waals surface area contributed by atoms with E-state index >= 15 is 0 Å². The van der Waals surface area contributed by atoms with E-state index in [0.717, 1.165) is 16.6 Å². The second-order valence-corrected chi connectivity index (χ2v) is 19.2. The molecule has 19 heteroatoms. The van der Waals surface area contributed by atoms with Crippen LogP contribution in [0.4, 0.5) is 5.00 Å². The lowest BCUT2D eigenvalue weighted by molar-refractivity contribution is -0.128. The van der Waals surface area contributed by atoms with Crippen LogP contribution in [0, 0.1) is 11.1 Å². The monoisotopic (exact) mass is 756 g/mol. The lowest BCUT2D eigenvalue weighted by Crippen LogP contribution is -2.61. The van der Waals surface area contributed by atoms with E-state index in [4.69, 9.17) is 0 Å². The van der Waals surface area contributed by atoms with Crippen LogP contribution in [0.5, 0.6) is 0 Å². The normalized spacial score (nSPS) is 29.6. The van der Waals surface area contributed by atoms with E-state index in [1.54, 1.807) is 33.8 Å². The summed E-state index contributed by atoms with van der Waals surface area (Å²) in [6.45, 7) is 8.48. The quantitative estimate of drug-likeness (QED) is 0.184. The minimum absolute atomic E-state index is 0.00931. The molecule has 278 valence electrons. The summed E-state index contributed by atoms with van der Waals surface area (Å²) in [5, 5.41) is 39.1. The van der Waals surface area contributed by atoms with Crippen molar-refractivity contribution >= 4 is 59.4 Å². The molecule has 6 atom stereocenters. The van der Waals surface area contributed by atoms with Gasteiger partial charge in [-0.05, 0) is 102 Å². The van der Waals surface area contributed by atoms with Crippen LogP contribution in [0.15, 0.2) is 33.3 Å². The van der Waals surface area contributed by atoms with Gasteiger partial charge in [0.2, 0.25) is 21.8 Å². The van der Waals surface area contributed by atoms with Crippen molar-refractivity contribution in [3.63, 3.8) is 0 Å². The van der Waals surface area contributed by atoms with E-state index in [2.05, 4.69) is 30.0 Å². The number of carbonyl (C=O) groups excluding carboxylic acids is 2. The molecule has 5 N–H and O–H groups in total. The van der Waals surface area contributed by atoms with Gasteiger partial charge in [0.25, 0.3) is 10.1 Å². The number of nitrogens with zero attached hydrogens (tertiary/aromatic N) is 4. The number of amides is 2. The number of hydroxylamine groups is 2. The number of azo groups is 1. The summed E-state index contributed by atoms with van der Waals surface area (Å²) in [5.41, 5.74) is -1.01. The Kier molecular flexibility index (Phi) is 11.1. The fraction of sp³-hybridized carbons (Fsp3) is 0.710. The number of aliphatic hydroxyl groups excluding tert-OH is 1. The first-order valence-electron chi connectivity index (χ1n) is 16.7. The topological polar surface area (TPSA) is 243 Å². The van der Waals surface area contributed by atoms with E-state index in [1.807, 2.05) is 0 Å². The maximum absolute atomic E-state index is 13.5. The van der Waals surface area contributed by atoms with Crippen molar-refractivity contribution in [2.75, 3.05) is 0 Å². The van der Waals surface area contributed by atoms with Crippen LogP contribution in [-0.2, 0) is 29.7 Å². The number of sulfonamides is 1. The summed E-state index contributed by atoms with van der Waals surface area (Å²) in [4.78, 5) is 25.2. The number of rotatable bonds is 9. The van der Waals surface area contributed by atoms with E-state index in [9.17, 15) is 41.3 Å². The summed E-state index contributed by atoms with van der Waals surface area (Å²) < 4.78 is 67.2. The highest BCUT2D eigenvalue weighted by molar-refractivity contribution is 7.89. The Morgan fingerprint density at radius 2 is 1.66 bits per heavy atom. The van der Waals surface area contributed by atoms with Crippen LogP contribution in [0.2, 0.25) is 0 Å². The van der Waals surface area contributed by atoms with Crippen LogP contribution in [0.1, 0.15) is 86.0 Å². The first-order chi connectivity index (χ1) is 23.2. The van der Waals surface area contributed by atoms with Crippen molar-refractivity contribution in [2.45, 2.75) is 137 Å². The molecular formula is C31H46N7O9S3-. The predicted molar refractivity (Wildman–Crippen MR) is 187 cm³/mol. The van der Waals surface area contributed by atoms with Gasteiger partial charge in [0.1, 0.15) is 0 Å². The van der Waals surface area contributed by atoms with E-state index in [0.29, 0.717) is 41.6 Å². The molecule has 3 aliphatic rings. The Hall–Kier alpha value is -2.65. The molecule has 50 heavy (non-hydrogen) atoms. The van der Waals surface area contributed by atoms with Gasteiger partial charge >= 0.3 is 0 Å². The van der Waals surface area contributed by atoms with Crippen molar-refractivity contribution in [3.8, 4) is 0 Å². The van der Waals surface area contributed by atoms with Gasteiger partial charge < -0.3 is 26.0 Å². The lowest BCUT2D eigenvalue weighted by atomic mass is 9.79. The third kappa shape index (κ3) is 8.68. The molecule has 1 aromatic carbocycles. The SMILES string of the molecule is CC(=O)NC1CC(N=Nc2snc3ccc(S(=O)(=O)NC4CC(C)(C)N([O-])C(C)(C)C4)cc23)CC(NC(=O)C2CCCC(S(=O)(=O)O)C2)C1O. The summed E-state index contributed by atoms with van der Waals surface area (Å²) in [7, 11) is -8.28.